The van der Waals surface area contributed by atoms with Crippen molar-refractivity contribution in [3.05, 3.63) is 47.6 Å². The molecule has 0 unspecified atom stereocenters. The van der Waals surface area contributed by atoms with Crippen LogP contribution in [0.1, 0.15) is 6.92 Å². The molecule has 3 aromatic rings. The number of benzene rings is 1. The summed E-state index contributed by atoms with van der Waals surface area (Å²) in [7, 11) is 0. The second-order valence-corrected chi connectivity index (χ2v) is 7.21. The third kappa shape index (κ3) is 4.77. The van der Waals surface area contributed by atoms with E-state index in [9.17, 15) is 18.4 Å². The first-order chi connectivity index (χ1) is 12.9. The first kappa shape index (κ1) is 19.2. The van der Waals surface area contributed by atoms with Crippen LogP contribution in [0, 0.1) is 11.6 Å². The summed E-state index contributed by atoms with van der Waals surface area (Å²) < 4.78 is 31.7. The van der Waals surface area contributed by atoms with E-state index >= 15 is 0 Å². The zero-order valence-electron chi connectivity index (χ0n) is 13.9. The fourth-order valence-corrected chi connectivity index (χ4v) is 3.68. The van der Waals surface area contributed by atoms with Crippen LogP contribution in [0.3, 0.4) is 0 Å². The Morgan fingerprint density at radius 3 is 2.93 bits per heavy atom. The van der Waals surface area contributed by atoms with E-state index in [0.717, 1.165) is 40.2 Å². The largest absolute Gasteiger partial charge is 0.452 e. The highest BCUT2D eigenvalue weighted by atomic mass is 32.2. The van der Waals surface area contributed by atoms with E-state index in [4.69, 9.17) is 4.74 Å². The van der Waals surface area contributed by atoms with Gasteiger partial charge in [0, 0.05) is 11.5 Å². The topological polar surface area (TPSA) is 81.2 Å². The Hall–Kier alpha value is -2.59. The summed E-state index contributed by atoms with van der Waals surface area (Å²) in [6, 6.07) is 4.53. The molecular weight excluding hydrogens is 396 g/mol. The van der Waals surface area contributed by atoms with Gasteiger partial charge in [-0.05, 0) is 30.5 Å². The number of aromatic nitrogens is 2. The van der Waals surface area contributed by atoms with E-state index in [-0.39, 0.29) is 11.4 Å². The van der Waals surface area contributed by atoms with Crippen molar-refractivity contribution in [2.45, 2.75) is 18.1 Å². The molecule has 2 heterocycles. The monoisotopic (exact) mass is 409 g/mol. The van der Waals surface area contributed by atoms with E-state index < -0.39 is 29.6 Å². The molecule has 0 radical (unpaired) electrons. The number of anilines is 1. The van der Waals surface area contributed by atoms with Crippen molar-refractivity contribution in [3.63, 3.8) is 0 Å². The molecule has 27 heavy (non-hydrogen) atoms. The Bertz CT molecular complexity index is 996. The van der Waals surface area contributed by atoms with Crippen LogP contribution in [0.25, 0.3) is 10.2 Å². The highest BCUT2D eigenvalue weighted by Gasteiger charge is 2.20. The van der Waals surface area contributed by atoms with Gasteiger partial charge in [0.1, 0.15) is 27.8 Å². The standard InChI is InChI=1S/C17H13F2N3O3S2/c1-9(15(24)22-13-6-10(18)2-3-12(13)19)25-14(23)7-27-17-11-4-5-26-16(11)20-8-21-17/h2-6,8-9H,7H2,1H3,(H,22,24)/t9-/m1/s1. The highest BCUT2D eigenvalue weighted by molar-refractivity contribution is 8.00. The molecule has 0 fully saturated rings. The first-order valence-electron chi connectivity index (χ1n) is 7.70. The molecule has 2 aromatic heterocycles. The van der Waals surface area contributed by atoms with Gasteiger partial charge in [0.15, 0.2) is 6.10 Å². The number of thiophene rings is 1. The molecule has 0 spiro atoms. The highest BCUT2D eigenvalue weighted by Crippen LogP contribution is 2.27. The van der Waals surface area contributed by atoms with Crippen LogP contribution in [0.4, 0.5) is 14.5 Å². The van der Waals surface area contributed by atoms with E-state index in [1.165, 1.54) is 24.6 Å². The number of hydrogen-bond acceptors (Lipinski definition) is 7. The fraction of sp³-hybridized carbons (Fsp3) is 0.176. The number of halogens is 2. The molecule has 0 aliphatic carbocycles. The normalized spacial score (nSPS) is 12.0. The number of rotatable bonds is 6. The number of nitrogens with one attached hydrogen (secondary N) is 1. The summed E-state index contributed by atoms with van der Waals surface area (Å²) in [6.07, 6.45) is 0.239. The molecule has 1 atom stereocenters. The van der Waals surface area contributed by atoms with Gasteiger partial charge >= 0.3 is 5.97 Å². The molecule has 0 saturated carbocycles. The van der Waals surface area contributed by atoms with Gasteiger partial charge in [-0.1, -0.05) is 11.8 Å². The third-order valence-corrected chi connectivity index (χ3v) is 5.22. The number of ether oxygens (including phenoxy) is 1. The Morgan fingerprint density at radius 2 is 2.11 bits per heavy atom. The van der Waals surface area contributed by atoms with Crippen molar-refractivity contribution in [2.75, 3.05) is 11.1 Å². The zero-order chi connectivity index (χ0) is 19.4. The van der Waals surface area contributed by atoms with Crippen LogP contribution in [0.5, 0.6) is 0 Å². The molecule has 0 aliphatic rings. The predicted molar refractivity (Wildman–Crippen MR) is 98.7 cm³/mol. The summed E-state index contributed by atoms with van der Waals surface area (Å²) >= 11 is 2.63. The van der Waals surface area contributed by atoms with E-state index in [0.29, 0.717) is 5.03 Å². The third-order valence-electron chi connectivity index (χ3n) is 3.42. The number of carbonyl (C=O) groups excluding carboxylic acids is 2. The lowest BCUT2D eigenvalue weighted by atomic mass is 10.2. The van der Waals surface area contributed by atoms with Gasteiger partial charge in [-0.25, -0.2) is 18.7 Å². The van der Waals surface area contributed by atoms with Crippen LogP contribution in [0.15, 0.2) is 41.0 Å². The first-order valence-corrected chi connectivity index (χ1v) is 9.57. The lowest BCUT2D eigenvalue weighted by molar-refractivity contribution is -0.150. The summed E-state index contributed by atoms with van der Waals surface area (Å²) in [5, 5.41) is 5.54. The zero-order valence-corrected chi connectivity index (χ0v) is 15.6. The maximum Gasteiger partial charge on any atom is 0.317 e. The van der Waals surface area contributed by atoms with Gasteiger partial charge in [0.2, 0.25) is 0 Å². The summed E-state index contributed by atoms with van der Waals surface area (Å²) in [4.78, 5) is 33.1. The van der Waals surface area contributed by atoms with E-state index in [1.807, 2.05) is 11.4 Å². The number of hydrogen-bond donors (Lipinski definition) is 1. The molecule has 0 aliphatic heterocycles. The lowest BCUT2D eigenvalue weighted by Gasteiger charge is -2.14. The number of esters is 1. The summed E-state index contributed by atoms with van der Waals surface area (Å²) in [5.74, 6) is -2.95. The van der Waals surface area contributed by atoms with Crippen LogP contribution in [0.2, 0.25) is 0 Å². The van der Waals surface area contributed by atoms with Crippen LogP contribution in [-0.2, 0) is 14.3 Å². The second kappa shape index (κ2) is 8.40. The van der Waals surface area contributed by atoms with E-state index in [1.54, 1.807) is 0 Å². The Labute approximate surface area is 161 Å². The average molecular weight is 409 g/mol. The predicted octanol–water partition coefficient (Wildman–Crippen LogP) is 3.63. The van der Waals surface area contributed by atoms with Crippen molar-refractivity contribution < 1.29 is 23.1 Å². The molecule has 140 valence electrons. The van der Waals surface area contributed by atoms with Crippen molar-refractivity contribution in [3.8, 4) is 0 Å². The minimum absolute atomic E-state index is 0.0616. The molecule has 10 heteroatoms. The SMILES string of the molecule is C[C@@H](OC(=O)CSc1ncnc2sccc12)C(=O)Nc1cc(F)ccc1F. The van der Waals surface area contributed by atoms with Crippen molar-refractivity contribution in [2.24, 2.45) is 0 Å². The minimum Gasteiger partial charge on any atom is -0.452 e. The Balaban J connectivity index is 1.54. The lowest BCUT2D eigenvalue weighted by Crippen LogP contribution is -2.30. The molecule has 1 aromatic carbocycles. The van der Waals surface area contributed by atoms with Gasteiger partial charge in [-0.15, -0.1) is 11.3 Å². The molecule has 6 nitrogen and oxygen atoms in total. The maximum absolute atomic E-state index is 13.6. The van der Waals surface area contributed by atoms with Crippen LogP contribution < -0.4 is 5.32 Å². The van der Waals surface area contributed by atoms with Gasteiger partial charge in [0.25, 0.3) is 5.91 Å². The smallest absolute Gasteiger partial charge is 0.317 e. The molecule has 3 rings (SSSR count). The van der Waals surface area contributed by atoms with E-state index in [2.05, 4.69) is 15.3 Å². The molecule has 1 N–H and O–H groups in total. The van der Waals surface area contributed by atoms with Crippen molar-refractivity contribution in [1.82, 2.24) is 9.97 Å². The minimum atomic E-state index is -1.17. The van der Waals surface area contributed by atoms with Crippen LogP contribution in [-0.4, -0.2) is 33.7 Å². The number of nitrogens with zero attached hydrogens (tertiary/aromatic N) is 2. The van der Waals surface area contributed by atoms with Gasteiger partial charge in [-0.2, -0.15) is 0 Å². The molecule has 0 bridgehead atoms. The quantitative estimate of drug-likeness (QED) is 0.380. The van der Waals surface area contributed by atoms with Gasteiger partial charge < -0.3 is 10.1 Å². The van der Waals surface area contributed by atoms with Crippen molar-refractivity contribution >= 4 is 50.9 Å². The van der Waals surface area contributed by atoms with Gasteiger partial charge in [-0.3, -0.25) is 9.59 Å². The van der Waals surface area contributed by atoms with Gasteiger partial charge in [0.05, 0.1) is 11.4 Å². The fourth-order valence-electron chi connectivity index (χ4n) is 2.12. The molecule has 0 saturated heterocycles. The molecular formula is C17H13F2N3O3S2. The average Bonchev–Trinajstić information content (AvgIpc) is 3.12. The summed E-state index contributed by atoms with van der Waals surface area (Å²) in [6.45, 7) is 1.34. The number of thioether (sulfide) groups is 1. The van der Waals surface area contributed by atoms with Crippen molar-refractivity contribution in [1.29, 1.82) is 0 Å². The second-order valence-electron chi connectivity index (χ2n) is 5.35. The Morgan fingerprint density at radius 1 is 1.30 bits per heavy atom. The Kier molecular flexibility index (Phi) is 5.97. The number of amides is 1. The van der Waals surface area contributed by atoms with Crippen LogP contribution >= 0.6 is 23.1 Å². The number of carbonyl (C=O) groups is 2. The summed E-state index contributed by atoms with van der Waals surface area (Å²) in [5.41, 5.74) is -0.321. The maximum atomic E-state index is 13.6. The molecule has 1 amide bonds. The number of fused-ring (bicyclic) bond motifs is 1.